The molecule has 3 N–H and O–H groups in total. The first-order valence-electron chi connectivity index (χ1n) is 12.0. The summed E-state index contributed by atoms with van der Waals surface area (Å²) in [4.78, 5) is 30.2. The van der Waals surface area contributed by atoms with Crippen LogP contribution in [-0.4, -0.2) is 89.3 Å². The van der Waals surface area contributed by atoms with E-state index in [2.05, 4.69) is 15.3 Å². The van der Waals surface area contributed by atoms with Crippen molar-refractivity contribution in [1.82, 2.24) is 29.3 Å². The highest BCUT2D eigenvalue weighted by Crippen LogP contribution is 2.28. The summed E-state index contributed by atoms with van der Waals surface area (Å²) in [5, 5.41) is 3.21. The van der Waals surface area contributed by atoms with Gasteiger partial charge in [-0.3, -0.25) is 4.79 Å². The molecule has 0 unspecified atom stereocenters. The molecule has 1 atom stereocenters. The number of hydrogen-bond acceptors (Lipinski definition) is 9. The van der Waals surface area contributed by atoms with E-state index in [9.17, 15) is 4.79 Å². The van der Waals surface area contributed by atoms with Gasteiger partial charge in [0.25, 0.3) is 0 Å². The number of anilines is 3. The van der Waals surface area contributed by atoms with Crippen molar-refractivity contribution in [1.29, 1.82) is 0 Å². The molecule has 1 saturated heterocycles. The second kappa shape index (κ2) is 11.8. The lowest BCUT2D eigenvalue weighted by Gasteiger charge is -2.33. The van der Waals surface area contributed by atoms with Crippen LogP contribution in [0.15, 0.2) is 42.7 Å². The number of benzene rings is 1. The van der Waals surface area contributed by atoms with Crippen molar-refractivity contribution in [2.45, 2.75) is 18.9 Å². The molecular formula is C25H34N8O3. The Kier molecular flexibility index (Phi) is 8.34. The zero-order valence-electron chi connectivity index (χ0n) is 21.1. The first-order chi connectivity index (χ1) is 17.4. The predicted molar refractivity (Wildman–Crippen MR) is 139 cm³/mol. The lowest BCUT2D eigenvalue weighted by molar-refractivity contribution is -0.127. The molecule has 0 aliphatic carbocycles. The zero-order valence-corrected chi connectivity index (χ0v) is 21.1. The summed E-state index contributed by atoms with van der Waals surface area (Å²) < 4.78 is 12.6. The number of hydrogen-bond donors (Lipinski definition) is 2. The average molecular weight is 495 g/mol. The molecule has 0 bridgehead atoms. The Bertz CT molecular complexity index is 1190. The third kappa shape index (κ3) is 6.29. The maximum Gasteiger partial charge on any atom is 0.246 e. The summed E-state index contributed by atoms with van der Waals surface area (Å²) in [6, 6.07) is 7.56. The number of piperidine rings is 1. The van der Waals surface area contributed by atoms with E-state index in [0.717, 1.165) is 37.4 Å². The second-order valence-corrected chi connectivity index (χ2v) is 8.99. The molecule has 0 saturated carbocycles. The van der Waals surface area contributed by atoms with E-state index >= 15 is 0 Å². The van der Waals surface area contributed by atoms with Crippen LogP contribution in [0.1, 0.15) is 18.9 Å². The van der Waals surface area contributed by atoms with E-state index in [1.54, 1.807) is 19.5 Å². The van der Waals surface area contributed by atoms with E-state index < -0.39 is 0 Å². The number of nitrogens with two attached hydrogens (primary N) is 1. The minimum Gasteiger partial charge on any atom is -0.491 e. The summed E-state index contributed by atoms with van der Waals surface area (Å²) in [7, 11) is 5.58. The number of ether oxygens (including phenoxy) is 2. The minimum absolute atomic E-state index is 0.0251. The van der Waals surface area contributed by atoms with Gasteiger partial charge in [0.15, 0.2) is 11.5 Å². The Morgan fingerprint density at radius 1 is 1.25 bits per heavy atom. The summed E-state index contributed by atoms with van der Waals surface area (Å²) >= 11 is 0. The molecule has 11 nitrogen and oxygen atoms in total. The van der Waals surface area contributed by atoms with Crippen LogP contribution in [0.5, 0.6) is 5.75 Å². The van der Waals surface area contributed by atoms with Crippen molar-refractivity contribution in [3.05, 3.63) is 42.7 Å². The molecule has 1 fully saturated rings. The molecule has 3 aromatic rings. The van der Waals surface area contributed by atoms with Gasteiger partial charge in [-0.15, -0.1) is 0 Å². The standard InChI is InChI=1S/C25H34N8O3/c1-31(2)12-5-7-21(34)32-13-4-6-19(16-32)33-17-27-22-23(26)29-25(30-24(22)33)28-18-8-10-20(11-9-18)36-15-14-35-3/h5,7-11,17,19H,4,6,12-16H2,1-3H3,(H3,26,28,29,30)/b7-5+/t19-/m0/s1. The largest absolute Gasteiger partial charge is 0.491 e. The maximum absolute atomic E-state index is 12.7. The average Bonchev–Trinajstić information content (AvgIpc) is 3.30. The molecule has 2 aromatic heterocycles. The Morgan fingerprint density at radius 2 is 2.06 bits per heavy atom. The Balaban J connectivity index is 1.48. The molecular weight excluding hydrogens is 460 g/mol. The number of nitrogens with one attached hydrogen (secondary N) is 1. The van der Waals surface area contributed by atoms with E-state index in [-0.39, 0.29) is 11.9 Å². The maximum atomic E-state index is 12.7. The van der Waals surface area contributed by atoms with Gasteiger partial charge in [0.05, 0.1) is 19.0 Å². The number of imidazole rings is 1. The van der Waals surface area contributed by atoms with Crippen LogP contribution in [0.25, 0.3) is 11.2 Å². The number of carbonyl (C=O) groups excluding carboxylic acids is 1. The van der Waals surface area contributed by atoms with Gasteiger partial charge in [0.2, 0.25) is 11.9 Å². The van der Waals surface area contributed by atoms with Gasteiger partial charge >= 0.3 is 0 Å². The molecule has 36 heavy (non-hydrogen) atoms. The lowest BCUT2D eigenvalue weighted by Crippen LogP contribution is -2.39. The van der Waals surface area contributed by atoms with Crippen LogP contribution in [0.4, 0.5) is 17.5 Å². The normalized spacial score (nSPS) is 16.2. The van der Waals surface area contributed by atoms with Crippen molar-refractivity contribution in [2.24, 2.45) is 0 Å². The molecule has 192 valence electrons. The van der Waals surface area contributed by atoms with Crippen LogP contribution in [0, 0.1) is 0 Å². The van der Waals surface area contributed by atoms with Crippen LogP contribution in [-0.2, 0) is 9.53 Å². The van der Waals surface area contributed by atoms with Crippen molar-refractivity contribution in [3.63, 3.8) is 0 Å². The Labute approximate surface area is 210 Å². The van der Waals surface area contributed by atoms with Crippen LogP contribution >= 0.6 is 0 Å². The van der Waals surface area contributed by atoms with Gasteiger partial charge in [0, 0.05) is 38.5 Å². The number of nitrogen functional groups attached to an aromatic ring is 1. The van der Waals surface area contributed by atoms with E-state index in [1.807, 2.05) is 58.8 Å². The SMILES string of the molecule is COCCOc1ccc(Nc2nc(N)c3ncn([C@H]4CCCN(C(=O)/C=C/CN(C)C)C4)c3n2)cc1. The highest BCUT2D eigenvalue weighted by molar-refractivity contribution is 5.88. The molecule has 11 heteroatoms. The predicted octanol–water partition coefficient (Wildman–Crippen LogP) is 2.46. The van der Waals surface area contributed by atoms with Gasteiger partial charge in [0.1, 0.15) is 17.9 Å². The van der Waals surface area contributed by atoms with E-state index in [0.29, 0.717) is 42.7 Å². The molecule has 0 radical (unpaired) electrons. The second-order valence-electron chi connectivity index (χ2n) is 8.99. The number of amides is 1. The van der Waals surface area contributed by atoms with Gasteiger partial charge in [-0.05, 0) is 51.2 Å². The van der Waals surface area contributed by atoms with E-state index in [4.69, 9.17) is 20.2 Å². The number of carbonyl (C=O) groups is 1. The van der Waals surface area contributed by atoms with Gasteiger partial charge < -0.3 is 34.9 Å². The zero-order chi connectivity index (χ0) is 25.5. The van der Waals surface area contributed by atoms with E-state index in [1.165, 1.54) is 0 Å². The van der Waals surface area contributed by atoms with Crippen LogP contribution in [0.2, 0.25) is 0 Å². The topological polar surface area (TPSA) is 124 Å². The summed E-state index contributed by atoms with van der Waals surface area (Å²) in [5.41, 5.74) is 8.23. The van der Waals surface area contributed by atoms with Crippen molar-refractivity contribution >= 4 is 34.5 Å². The number of rotatable bonds is 10. The smallest absolute Gasteiger partial charge is 0.246 e. The first-order valence-corrected chi connectivity index (χ1v) is 12.0. The van der Waals surface area contributed by atoms with Gasteiger partial charge in [-0.25, -0.2) is 4.98 Å². The number of aromatic nitrogens is 4. The quantitative estimate of drug-likeness (QED) is 0.323. The molecule has 1 aliphatic heterocycles. The van der Waals surface area contributed by atoms with Crippen LogP contribution < -0.4 is 15.8 Å². The first kappa shape index (κ1) is 25.4. The third-order valence-corrected chi connectivity index (χ3v) is 5.95. The molecule has 4 rings (SSSR count). The fraction of sp³-hybridized carbons (Fsp3) is 0.440. The highest BCUT2D eigenvalue weighted by Gasteiger charge is 2.26. The summed E-state index contributed by atoms with van der Waals surface area (Å²) in [6.45, 7) is 3.07. The molecule has 0 spiro atoms. The molecule has 1 amide bonds. The third-order valence-electron chi connectivity index (χ3n) is 5.95. The fourth-order valence-electron chi connectivity index (χ4n) is 4.12. The van der Waals surface area contributed by atoms with Gasteiger partial charge in [-0.2, -0.15) is 9.97 Å². The lowest BCUT2D eigenvalue weighted by atomic mass is 10.1. The van der Waals surface area contributed by atoms with Crippen molar-refractivity contribution in [2.75, 3.05) is 65.1 Å². The molecule has 1 aliphatic rings. The number of fused-ring (bicyclic) bond motifs is 1. The highest BCUT2D eigenvalue weighted by atomic mass is 16.5. The molecule has 1 aromatic carbocycles. The van der Waals surface area contributed by atoms with Crippen molar-refractivity contribution in [3.8, 4) is 5.75 Å². The Morgan fingerprint density at radius 3 is 2.81 bits per heavy atom. The fourth-order valence-corrected chi connectivity index (χ4v) is 4.12. The number of nitrogens with zero attached hydrogens (tertiary/aromatic N) is 6. The van der Waals surface area contributed by atoms with Crippen LogP contribution in [0.3, 0.4) is 0 Å². The van der Waals surface area contributed by atoms with Crippen molar-refractivity contribution < 1.29 is 14.3 Å². The number of methoxy groups -OCH3 is 1. The number of likely N-dealkylation sites (N-methyl/N-ethyl adjacent to an activating group) is 1. The Hall–Kier alpha value is -3.70. The minimum atomic E-state index is 0.0251. The number of likely N-dealkylation sites (tertiary alicyclic amines) is 1. The summed E-state index contributed by atoms with van der Waals surface area (Å²) in [5.74, 6) is 1.46. The van der Waals surface area contributed by atoms with Gasteiger partial charge in [-0.1, -0.05) is 6.08 Å². The monoisotopic (exact) mass is 494 g/mol. The molecule has 3 heterocycles. The summed E-state index contributed by atoms with van der Waals surface area (Å²) in [6.07, 6.45) is 7.12.